The summed E-state index contributed by atoms with van der Waals surface area (Å²) in [6.07, 6.45) is 0. The first kappa shape index (κ1) is 17.9. The Morgan fingerprint density at radius 2 is 2.00 bits per heavy atom. The van der Waals surface area contributed by atoms with Crippen LogP contribution < -0.4 is 10.6 Å². The predicted molar refractivity (Wildman–Crippen MR) is 92.4 cm³/mol. The Hall–Kier alpha value is -2.90. The highest BCUT2D eigenvalue weighted by molar-refractivity contribution is 6.02. The van der Waals surface area contributed by atoms with E-state index in [1.165, 1.54) is 11.0 Å². The van der Waals surface area contributed by atoms with E-state index >= 15 is 0 Å². The van der Waals surface area contributed by atoms with Crippen molar-refractivity contribution in [1.29, 1.82) is 0 Å². The Morgan fingerprint density at radius 3 is 2.62 bits per heavy atom. The van der Waals surface area contributed by atoms with E-state index in [0.717, 1.165) is 0 Å². The van der Waals surface area contributed by atoms with Crippen molar-refractivity contribution in [1.82, 2.24) is 10.2 Å². The number of amides is 3. The summed E-state index contributed by atoms with van der Waals surface area (Å²) in [5.41, 5.74) is 0.196. The Labute approximate surface area is 150 Å². The van der Waals surface area contributed by atoms with Crippen LogP contribution in [0.5, 0.6) is 0 Å². The minimum absolute atomic E-state index is 0.00593. The Balaban J connectivity index is 1.70. The maximum Gasteiger partial charge on any atom is 0.307 e. The van der Waals surface area contributed by atoms with Crippen LogP contribution in [0.2, 0.25) is 0 Å². The summed E-state index contributed by atoms with van der Waals surface area (Å²) in [4.78, 5) is 49.1. The second-order valence-electron chi connectivity index (χ2n) is 7.26. The Kier molecular flexibility index (Phi) is 4.43. The number of carbonyl (C=O) groups excluding carboxylic acids is 3. The van der Waals surface area contributed by atoms with E-state index in [9.17, 15) is 24.3 Å². The van der Waals surface area contributed by atoms with E-state index in [1.807, 2.05) is 0 Å². The lowest BCUT2D eigenvalue weighted by molar-refractivity contribution is -0.140. The van der Waals surface area contributed by atoms with E-state index < -0.39 is 23.2 Å². The highest BCUT2D eigenvalue weighted by atomic mass is 16.4. The van der Waals surface area contributed by atoms with Gasteiger partial charge in [-0.1, -0.05) is 19.9 Å². The summed E-state index contributed by atoms with van der Waals surface area (Å²) in [7, 11) is 0. The van der Waals surface area contributed by atoms with Gasteiger partial charge < -0.3 is 20.6 Å². The fraction of sp³-hybridized carbons (Fsp3) is 0.444. The van der Waals surface area contributed by atoms with Crippen molar-refractivity contribution in [3.8, 4) is 0 Å². The molecule has 1 aromatic carbocycles. The second kappa shape index (κ2) is 6.44. The van der Waals surface area contributed by atoms with E-state index in [4.69, 9.17) is 0 Å². The molecule has 0 radical (unpaired) electrons. The van der Waals surface area contributed by atoms with Gasteiger partial charge in [-0.15, -0.1) is 0 Å². The van der Waals surface area contributed by atoms with Gasteiger partial charge in [-0.25, -0.2) is 0 Å². The molecule has 1 aliphatic carbocycles. The molecule has 3 rings (SSSR count). The molecule has 2 fully saturated rings. The lowest BCUT2D eigenvalue weighted by Gasteiger charge is -2.26. The highest BCUT2D eigenvalue weighted by Crippen LogP contribution is 2.58. The molecule has 0 spiro atoms. The van der Waals surface area contributed by atoms with Crippen molar-refractivity contribution in [3.05, 3.63) is 29.8 Å². The minimum atomic E-state index is -0.984. The van der Waals surface area contributed by atoms with Crippen LogP contribution >= 0.6 is 0 Å². The van der Waals surface area contributed by atoms with Gasteiger partial charge in [0.05, 0.1) is 18.4 Å². The molecule has 138 valence electrons. The molecule has 0 aromatic heterocycles. The Morgan fingerprint density at radius 1 is 1.27 bits per heavy atom. The molecule has 8 nitrogen and oxygen atoms in total. The van der Waals surface area contributed by atoms with Crippen LogP contribution in [0.25, 0.3) is 0 Å². The zero-order valence-corrected chi connectivity index (χ0v) is 14.6. The van der Waals surface area contributed by atoms with Crippen molar-refractivity contribution in [3.63, 3.8) is 0 Å². The first-order valence-corrected chi connectivity index (χ1v) is 8.41. The van der Waals surface area contributed by atoms with E-state index in [1.54, 1.807) is 32.0 Å². The van der Waals surface area contributed by atoms with Gasteiger partial charge in [0.25, 0.3) is 5.91 Å². The predicted octanol–water partition coefficient (Wildman–Crippen LogP) is 0.554. The molecule has 0 unspecified atom stereocenters. The van der Waals surface area contributed by atoms with E-state index in [-0.39, 0.29) is 24.3 Å². The lowest BCUT2D eigenvalue weighted by atomic mass is 10.1. The van der Waals surface area contributed by atoms with Crippen LogP contribution in [0.15, 0.2) is 24.3 Å². The summed E-state index contributed by atoms with van der Waals surface area (Å²) in [5.74, 6) is -3.16. The molecule has 8 heteroatoms. The van der Waals surface area contributed by atoms with Gasteiger partial charge in [0, 0.05) is 24.3 Å². The minimum Gasteiger partial charge on any atom is -0.481 e. The van der Waals surface area contributed by atoms with Crippen LogP contribution in [-0.2, 0) is 14.4 Å². The van der Waals surface area contributed by atoms with Crippen molar-refractivity contribution in [2.75, 3.05) is 25.0 Å². The normalized spacial score (nSPS) is 23.8. The molecule has 2 atom stereocenters. The molecule has 2 aliphatic rings. The summed E-state index contributed by atoms with van der Waals surface area (Å²) in [6, 6.07) is 6.44. The van der Waals surface area contributed by atoms with Crippen LogP contribution in [0.3, 0.4) is 0 Å². The average Bonchev–Trinajstić information content (AvgIpc) is 3.17. The van der Waals surface area contributed by atoms with Gasteiger partial charge in [0.15, 0.2) is 0 Å². The zero-order valence-electron chi connectivity index (χ0n) is 14.6. The van der Waals surface area contributed by atoms with Crippen molar-refractivity contribution in [2.45, 2.75) is 13.8 Å². The number of hydrogen-bond acceptors (Lipinski definition) is 4. The summed E-state index contributed by atoms with van der Waals surface area (Å²) >= 11 is 0. The van der Waals surface area contributed by atoms with Crippen molar-refractivity contribution in [2.24, 2.45) is 17.3 Å². The highest BCUT2D eigenvalue weighted by Gasteiger charge is 2.65. The molecule has 1 saturated carbocycles. The average molecular weight is 359 g/mol. The Bertz CT molecular complexity index is 789. The zero-order chi connectivity index (χ0) is 19.1. The van der Waals surface area contributed by atoms with Crippen molar-refractivity contribution >= 4 is 29.4 Å². The first-order valence-electron chi connectivity index (χ1n) is 8.41. The number of carboxylic acid groups (broad SMARTS) is 1. The topological polar surface area (TPSA) is 116 Å². The van der Waals surface area contributed by atoms with Crippen molar-refractivity contribution < 1.29 is 24.3 Å². The number of rotatable bonds is 4. The smallest absolute Gasteiger partial charge is 0.307 e. The summed E-state index contributed by atoms with van der Waals surface area (Å²) in [6.45, 7) is 4.34. The van der Waals surface area contributed by atoms with Gasteiger partial charge >= 0.3 is 5.97 Å². The first-order chi connectivity index (χ1) is 12.2. The van der Waals surface area contributed by atoms with E-state index in [2.05, 4.69) is 10.6 Å². The number of piperazine rings is 1. The number of carboxylic acids is 1. The van der Waals surface area contributed by atoms with Gasteiger partial charge in [0.2, 0.25) is 11.8 Å². The van der Waals surface area contributed by atoms with Gasteiger partial charge in [-0.2, -0.15) is 0 Å². The molecule has 1 heterocycles. The molecular weight excluding hydrogens is 338 g/mol. The molecule has 3 amide bonds. The van der Waals surface area contributed by atoms with Crippen LogP contribution in [0.4, 0.5) is 5.69 Å². The fourth-order valence-electron chi connectivity index (χ4n) is 3.53. The number of hydrogen-bond donors (Lipinski definition) is 3. The van der Waals surface area contributed by atoms with Crippen LogP contribution in [0, 0.1) is 17.3 Å². The maximum atomic E-state index is 12.5. The second-order valence-corrected chi connectivity index (χ2v) is 7.26. The molecule has 1 aliphatic heterocycles. The third-order valence-electron chi connectivity index (χ3n) is 5.08. The SMILES string of the molecule is CC1(C)[C@H](C(=O)O)[C@@H]1C(=O)Nc1cccc(C(=O)N2CCNC(=O)C2)c1. The number of benzene rings is 1. The fourth-order valence-corrected chi connectivity index (χ4v) is 3.53. The molecule has 0 bridgehead atoms. The number of nitrogens with one attached hydrogen (secondary N) is 2. The third-order valence-corrected chi connectivity index (χ3v) is 5.08. The molecule has 26 heavy (non-hydrogen) atoms. The van der Waals surface area contributed by atoms with Gasteiger partial charge in [-0.05, 0) is 23.6 Å². The summed E-state index contributed by atoms with van der Waals surface area (Å²) < 4.78 is 0. The number of anilines is 1. The molecule has 1 saturated heterocycles. The number of nitrogens with zero attached hydrogens (tertiary/aromatic N) is 1. The largest absolute Gasteiger partial charge is 0.481 e. The van der Waals surface area contributed by atoms with Crippen LogP contribution in [0.1, 0.15) is 24.2 Å². The quantitative estimate of drug-likeness (QED) is 0.726. The standard InChI is InChI=1S/C18H21N3O5/c1-18(2)13(14(18)17(25)26)15(23)20-11-5-3-4-10(8-11)16(24)21-7-6-19-12(22)9-21/h3-5,8,13-14H,6-7,9H2,1-2H3,(H,19,22)(H,20,23)(H,25,26)/t13-,14+/m1/s1. The van der Waals surface area contributed by atoms with Crippen LogP contribution in [-0.4, -0.2) is 53.3 Å². The van der Waals surface area contributed by atoms with Gasteiger partial charge in [-0.3, -0.25) is 19.2 Å². The summed E-state index contributed by atoms with van der Waals surface area (Å²) in [5, 5.41) is 14.6. The number of aliphatic carboxylic acids is 1. The number of carbonyl (C=O) groups is 4. The molecular formula is C18H21N3O5. The molecule has 3 N–H and O–H groups in total. The molecule has 1 aromatic rings. The maximum absolute atomic E-state index is 12.5. The lowest BCUT2D eigenvalue weighted by Crippen LogP contribution is -2.49. The van der Waals surface area contributed by atoms with E-state index in [0.29, 0.717) is 24.3 Å². The van der Waals surface area contributed by atoms with Gasteiger partial charge in [0.1, 0.15) is 0 Å². The third kappa shape index (κ3) is 3.26. The monoisotopic (exact) mass is 359 g/mol.